The summed E-state index contributed by atoms with van der Waals surface area (Å²) in [4.78, 5) is 26.8. The van der Waals surface area contributed by atoms with Gasteiger partial charge in [-0.15, -0.1) is 0 Å². The SMILES string of the molecule is CCCNC(=O)C1CCCN(C(=O)c2ccc(COc3ccc(C)cc3C)o2)C1. The van der Waals surface area contributed by atoms with E-state index >= 15 is 0 Å². The minimum Gasteiger partial charge on any atom is -0.485 e. The quantitative estimate of drug-likeness (QED) is 0.769. The number of piperidine rings is 1. The fourth-order valence-corrected chi connectivity index (χ4v) is 3.60. The third kappa shape index (κ3) is 5.40. The number of furan rings is 1. The maximum absolute atomic E-state index is 12.8. The Hall–Kier alpha value is -2.76. The molecule has 0 saturated carbocycles. The third-order valence-electron chi connectivity index (χ3n) is 5.20. The van der Waals surface area contributed by atoms with Crippen molar-refractivity contribution in [2.75, 3.05) is 19.6 Å². The molecule has 1 aliphatic rings. The van der Waals surface area contributed by atoms with Gasteiger partial charge in [0.15, 0.2) is 5.76 Å². The Balaban J connectivity index is 1.57. The number of rotatable bonds is 7. The monoisotopic (exact) mass is 398 g/mol. The number of nitrogens with one attached hydrogen (secondary N) is 1. The lowest BCUT2D eigenvalue weighted by Crippen LogP contribution is -2.45. The van der Waals surface area contributed by atoms with Crippen LogP contribution in [0, 0.1) is 19.8 Å². The molecule has 2 heterocycles. The standard InChI is InChI=1S/C23H30N2O4/c1-4-11-24-22(26)18-6-5-12-25(14-18)23(27)21-10-8-19(29-21)15-28-20-9-7-16(2)13-17(20)3/h7-10,13,18H,4-6,11-12,14-15H2,1-3H3,(H,24,26). The molecule has 0 radical (unpaired) electrons. The van der Waals surface area contributed by atoms with Crippen molar-refractivity contribution < 1.29 is 18.7 Å². The number of benzene rings is 1. The van der Waals surface area contributed by atoms with Gasteiger partial charge in [0.1, 0.15) is 18.1 Å². The van der Waals surface area contributed by atoms with E-state index in [9.17, 15) is 9.59 Å². The van der Waals surface area contributed by atoms with Gasteiger partial charge in [-0.1, -0.05) is 24.6 Å². The van der Waals surface area contributed by atoms with Crippen molar-refractivity contribution in [1.29, 1.82) is 0 Å². The Morgan fingerprint density at radius 1 is 1.24 bits per heavy atom. The predicted octanol–water partition coefficient (Wildman–Crippen LogP) is 3.85. The van der Waals surface area contributed by atoms with E-state index in [1.807, 2.05) is 32.9 Å². The summed E-state index contributed by atoms with van der Waals surface area (Å²) in [6.07, 6.45) is 2.53. The van der Waals surface area contributed by atoms with Gasteiger partial charge in [0.25, 0.3) is 5.91 Å². The Labute approximate surface area is 172 Å². The van der Waals surface area contributed by atoms with Gasteiger partial charge in [0.05, 0.1) is 5.92 Å². The lowest BCUT2D eigenvalue weighted by Gasteiger charge is -2.31. The lowest BCUT2D eigenvalue weighted by molar-refractivity contribution is -0.126. The largest absolute Gasteiger partial charge is 0.485 e. The number of carbonyl (C=O) groups is 2. The molecule has 1 unspecified atom stereocenters. The number of carbonyl (C=O) groups excluding carboxylic acids is 2. The molecule has 0 spiro atoms. The number of nitrogens with zero attached hydrogens (tertiary/aromatic N) is 1. The molecule has 1 saturated heterocycles. The second kappa shape index (κ2) is 9.63. The second-order valence-electron chi connectivity index (χ2n) is 7.70. The first-order chi connectivity index (χ1) is 14.0. The summed E-state index contributed by atoms with van der Waals surface area (Å²) >= 11 is 0. The zero-order chi connectivity index (χ0) is 20.8. The molecular formula is C23H30N2O4. The number of hydrogen-bond acceptors (Lipinski definition) is 4. The Kier molecular flexibility index (Phi) is 6.96. The van der Waals surface area contributed by atoms with E-state index in [-0.39, 0.29) is 24.3 Å². The summed E-state index contributed by atoms with van der Waals surface area (Å²) in [5.74, 6) is 1.40. The first kappa shape index (κ1) is 21.0. The van der Waals surface area contributed by atoms with Gasteiger partial charge in [-0.05, 0) is 56.9 Å². The van der Waals surface area contributed by atoms with Gasteiger partial charge >= 0.3 is 0 Å². The average Bonchev–Trinajstić information content (AvgIpc) is 3.20. The Morgan fingerprint density at radius 2 is 2.07 bits per heavy atom. The summed E-state index contributed by atoms with van der Waals surface area (Å²) in [5.41, 5.74) is 2.25. The molecule has 1 aliphatic heterocycles. The zero-order valence-electron chi connectivity index (χ0n) is 17.5. The van der Waals surface area contributed by atoms with Crippen molar-refractivity contribution >= 4 is 11.8 Å². The van der Waals surface area contributed by atoms with Crippen LogP contribution in [-0.4, -0.2) is 36.3 Å². The van der Waals surface area contributed by atoms with Crippen LogP contribution in [0.25, 0.3) is 0 Å². The molecule has 1 atom stereocenters. The van der Waals surface area contributed by atoms with Crippen LogP contribution in [0.15, 0.2) is 34.7 Å². The van der Waals surface area contributed by atoms with E-state index < -0.39 is 0 Å². The molecule has 1 aromatic heterocycles. The summed E-state index contributed by atoms with van der Waals surface area (Å²) < 4.78 is 11.6. The number of amides is 2. The fourth-order valence-electron chi connectivity index (χ4n) is 3.60. The summed E-state index contributed by atoms with van der Waals surface area (Å²) in [7, 11) is 0. The van der Waals surface area contributed by atoms with Crippen LogP contribution >= 0.6 is 0 Å². The molecule has 156 valence electrons. The van der Waals surface area contributed by atoms with E-state index in [1.165, 1.54) is 5.56 Å². The second-order valence-corrected chi connectivity index (χ2v) is 7.70. The number of ether oxygens (including phenoxy) is 1. The highest BCUT2D eigenvalue weighted by molar-refractivity contribution is 5.92. The van der Waals surface area contributed by atoms with Crippen molar-refractivity contribution in [1.82, 2.24) is 10.2 Å². The van der Waals surface area contributed by atoms with Gasteiger partial charge in [-0.2, -0.15) is 0 Å². The maximum atomic E-state index is 12.8. The van der Waals surface area contributed by atoms with Crippen molar-refractivity contribution in [3.8, 4) is 5.75 Å². The normalized spacial score (nSPS) is 16.5. The van der Waals surface area contributed by atoms with E-state index in [4.69, 9.17) is 9.15 Å². The highest BCUT2D eigenvalue weighted by atomic mass is 16.5. The highest BCUT2D eigenvalue weighted by Gasteiger charge is 2.30. The number of likely N-dealkylation sites (tertiary alicyclic amines) is 1. The molecule has 0 aliphatic carbocycles. The molecule has 0 bridgehead atoms. The van der Waals surface area contributed by atoms with Crippen molar-refractivity contribution in [3.05, 3.63) is 53.0 Å². The maximum Gasteiger partial charge on any atom is 0.289 e. The number of hydrogen-bond donors (Lipinski definition) is 1. The minimum atomic E-state index is -0.171. The molecule has 2 amide bonds. The smallest absolute Gasteiger partial charge is 0.289 e. The summed E-state index contributed by atoms with van der Waals surface area (Å²) in [6, 6.07) is 9.46. The number of aryl methyl sites for hydroxylation is 2. The third-order valence-corrected chi connectivity index (χ3v) is 5.20. The van der Waals surface area contributed by atoms with E-state index in [0.29, 0.717) is 31.2 Å². The van der Waals surface area contributed by atoms with Crippen LogP contribution in [-0.2, 0) is 11.4 Å². The molecule has 6 heteroatoms. The summed E-state index contributed by atoms with van der Waals surface area (Å²) in [5, 5.41) is 2.93. The molecule has 1 aromatic carbocycles. The molecule has 1 N–H and O–H groups in total. The molecular weight excluding hydrogens is 368 g/mol. The minimum absolute atomic E-state index is 0.0337. The molecule has 1 fully saturated rings. The Bertz CT molecular complexity index is 858. The van der Waals surface area contributed by atoms with Gasteiger partial charge < -0.3 is 19.4 Å². The van der Waals surface area contributed by atoms with Gasteiger partial charge in [-0.25, -0.2) is 0 Å². The first-order valence-corrected chi connectivity index (χ1v) is 10.3. The van der Waals surface area contributed by atoms with Gasteiger partial charge in [0.2, 0.25) is 5.91 Å². The fraction of sp³-hybridized carbons (Fsp3) is 0.478. The van der Waals surface area contributed by atoms with Crippen LogP contribution in [0.5, 0.6) is 5.75 Å². The summed E-state index contributed by atoms with van der Waals surface area (Å²) in [6.45, 7) is 8.08. The molecule has 6 nitrogen and oxygen atoms in total. The van der Waals surface area contributed by atoms with Crippen LogP contribution < -0.4 is 10.1 Å². The van der Waals surface area contributed by atoms with Gasteiger partial charge in [0, 0.05) is 19.6 Å². The topological polar surface area (TPSA) is 71.8 Å². The lowest BCUT2D eigenvalue weighted by atomic mass is 9.97. The van der Waals surface area contributed by atoms with Crippen molar-refractivity contribution in [2.45, 2.75) is 46.6 Å². The Morgan fingerprint density at radius 3 is 2.83 bits per heavy atom. The van der Waals surface area contributed by atoms with Crippen LogP contribution in [0.3, 0.4) is 0 Å². The van der Waals surface area contributed by atoms with E-state index in [1.54, 1.807) is 17.0 Å². The highest BCUT2D eigenvalue weighted by Crippen LogP contribution is 2.22. The van der Waals surface area contributed by atoms with E-state index in [2.05, 4.69) is 11.4 Å². The molecule has 29 heavy (non-hydrogen) atoms. The van der Waals surface area contributed by atoms with Crippen molar-refractivity contribution in [3.63, 3.8) is 0 Å². The molecule has 2 aromatic rings. The van der Waals surface area contributed by atoms with E-state index in [0.717, 1.165) is 30.6 Å². The van der Waals surface area contributed by atoms with Crippen LogP contribution in [0.2, 0.25) is 0 Å². The van der Waals surface area contributed by atoms with Gasteiger partial charge in [-0.3, -0.25) is 9.59 Å². The first-order valence-electron chi connectivity index (χ1n) is 10.3. The van der Waals surface area contributed by atoms with Crippen LogP contribution in [0.4, 0.5) is 0 Å². The predicted molar refractivity (Wildman–Crippen MR) is 111 cm³/mol. The van der Waals surface area contributed by atoms with Crippen LogP contribution in [0.1, 0.15) is 53.6 Å². The zero-order valence-corrected chi connectivity index (χ0v) is 17.5. The van der Waals surface area contributed by atoms with Crippen molar-refractivity contribution in [2.24, 2.45) is 5.92 Å². The molecule has 3 rings (SSSR count). The average molecular weight is 399 g/mol.